The fourth-order valence-corrected chi connectivity index (χ4v) is 4.00. The number of likely N-dealkylation sites (tertiary alicyclic amines) is 1. The smallest absolute Gasteiger partial charge is 0.339 e. The summed E-state index contributed by atoms with van der Waals surface area (Å²) in [6.07, 6.45) is 3.00. The standard InChI is InChI=1S/C20H27NO4/c1-6-11-21-19(2,3)12-14(13-20(21,4)5)25-18(24)16-10-8-7-9-15(16)17(22)23/h6-10,14H,1,11-13H2,2-5H3,(H,22,23). The van der Waals surface area contributed by atoms with Gasteiger partial charge < -0.3 is 9.84 Å². The van der Waals surface area contributed by atoms with Gasteiger partial charge in [-0.05, 0) is 39.8 Å². The zero-order chi connectivity index (χ0) is 18.8. The first-order valence-corrected chi connectivity index (χ1v) is 8.50. The van der Waals surface area contributed by atoms with Crippen molar-refractivity contribution in [2.24, 2.45) is 0 Å². The van der Waals surface area contributed by atoms with E-state index in [0.29, 0.717) is 12.8 Å². The zero-order valence-electron chi connectivity index (χ0n) is 15.4. The predicted molar refractivity (Wildman–Crippen MR) is 96.9 cm³/mol. The van der Waals surface area contributed by atoms with Crippen LogP contribution < -0.4 is 0 Å². The van der Waals surface area contributed by atoms with Crippen LogP contribution in [0.5, 0.6) is 0 Å². The van der Waals surface area contributed by atoms with Gasteiger partial charge in [0.2, 0.25) is 0 Å². The Morgan fingerprint density at radius 3 is 2.20 bits per heavy atom. The van der Waals surface area contributed by atoms with E-state index in [4.69, 9.17) is 4.74 Å². The average molecular weight is 345 g/mol. The SMILES string of the molecule is C=CCN1C(C)(C)CC(OC(=O)c2ccccc2C(=O)O)CC1(C)C. The third-order valence-electron chi connectivity index (χ3n) is 4.88. The number of carbonyl (C=O) groups excluding carboxylic acids is 1. The minimum atomic E-state index is -1.13. The molecule has 0 amide bonds. The van der Waals surface area contributed by atoms with Crippen LogP contribution in [0.2, 0.25) is 0 Å². The Balaban J connectivity index is 2.20. The molecule has 1 aromatic carbocycles. The normalized spacial score (nSPS) is 20.0. The van der Waals surface area contributed by atoms with Gasteiger partial charge in [-0.15, -0.1) is 6.58 Å². The maximum atomic E-state index is 12.6. The van der Waals surface area contributed by atoms with Gasteiger partial charge >= 0.3 is 11.9 Å². The number of hydrogen-bond acceptors (Lipinski definition) is 4. The Bertz CT molecular complexity index is 660. The summed E-state index contributed by atoms with van der Waals surface area (Å²) in [6, 6.07) is 6.15. The Morgan fingerprint density at radius 1 is 1.20 bits per heavy atom. The molecule has 0 bridgehead atoms. The van der Waals surface area contributed by atoms with E-state index in [9.17, 15) is 14.7 Å². The highest BCUT2D eigenvalue weighted by Gasteiger charge is 2.46. The van der Waals surface area contributed by atoms with E-state index in [1.54, 1.807) is 12.1 Å². The number of benzene rings is 1. The Morgan fingerprint density at radius 2 is 1.72 bits per heavy atom. The molecule has 1 fully saturated rings. The van der Waals surface area contributed by atoms with Gasteiger partial charge in [-0.25, -0.2) is 9.59 Å². The number of carbonyl (C=O) groups is 2. The lowest BCUT2D eigenvalue weighted by atomic mass is 9.78. The highest BCUT2D eigenvalue weighted by molar-refractivity contribution is 6.02. The molecule has 0 radical (unpaired) electrons. The fraction of sp³-hybridized carbons (Fsp3) is 0.500. The van der Waals surface area contributed by atoms with Crippen molar-refractivity contribution in [1.29, 1.82) is 0 Å². The molecule has 1 saturated heterocycles. The average Bonchev–Trinajstić information content (AvgIpc) is 2.50. The second-order valence-corrected chi connectivity index (χ2v) is 7.81. The van der Waals surface area contributed by atoms with Crippen molar-refractivity contribution in [3.05, 3.63) is 48.0 Å². The quantitative estimate of drug-likeness (QED) is 0.650. The molecule has 1 heterocycles. The van der Waals surface area contributed by atoms with E-state index in [1.807, 2.05) is 6.08 Å². The number of carboxylic acids is 1. The number of esters is 1. The van der Waals surface area contributed by atoms with Crippen LogP contribution >= 0.6 is 0 Å². The van der Waals surface area contributed by atoms with Crippen molar-refractivity contribution in [3.8, 4) is 0 Å². The fourth-order valence-electron chi connectivity index (χ4n) is 4.00. The van der Waals surface area contributed by atoms with Gasteiger partial charge in [0, 0.05) is 30.5 Å². The molecule has 0 aromatic heterocycles. The van der Waals surface area contributed by atoms with Gasteiger partial charge in [-0.3, -0.25) is 4.90 Å². The van der Waals surface area contributed by atoms with Crippen LogP contribution in [0, 0.1) is 0 Å². The van der Waals surface area contributed by atoms with Crippen molar-refractivity contribution in [1.82, 2.24) is 4.90 Å². The van der Waals surface area contributed by atoms with Crippen LogP contribution in [0.1, 0.15) is 61.3 Å². The van der Waals surface area contributed by atoms with Crippen molar-refractivity contribution in [2.45, 2.75) is 57.7 Å². The third-order valence-corrected chi connectivity index (χ3v) is 4.88. The molecular formula is C20H27NO4. The number of carboxylic acid groups (broad SMARTS) is 1. The molecule has 25 heavy (non-hydrogen) atoms. The molecule has 136 valence electrons. The molecular weight excluding hydrogens is 318 g/mol. The second kappa shape index (κ2) is 7.00. The summed E-state index contributed by atoms with van der Waals surface area (Å²) < 4.78 is 5.71. The Kier molecular flexibility index (Phi) is 5.37. The molecule has 0 saturated carbocycles. The monoisotopic (exact) mass is 345 g/mol. The van der Waals surface area contributed by atoms with Crippen molar-refractivity contribution in [3.63, 3.8) is 0 Å². The van der Waals surface area contributed by atoms with E-state index in [-0.39, 0.29) is 28.3 Å². The second-order valence-electron chi connectivity index (χ2n) is 7.81. The molecule has 5 heteroatoms. The molecule has 1 aromatic rings. The zero-order valence-corrected chi connectivity index (χ0v) is 15.4. The molecule has 0 spiro atoms. The van der Waals surface area contributed by atoms with E-state index < -0.39 is 11.9 Å². The third kappa shape index (κ3) is 4.10. The molecule has 0 aliphatic carbocycles. The largest absolute Gasteiger partial charge is 0.478 e. The molecule has 5 nitrogen and oxygen atoms in total. The van der Waals surface area contributed by atoms with E-state index in [2.05, 4.69) is 39.2 Å². The molecule has 0 atom stereocenters. The number of aromatic carboxylic acids is 1. The first kappa shape index (κ1) is 19.2. The summed E-state index contributed by atoms with van der Waals surface area (Å²) in [7, 11) is 0. The van der Waals surface area contributed by atoms with Gasteiger partial charge in [0.25, 0.3) is 0 Å². The Labute approximate surface area is 149 Å². The number of hydrogen-bond donors (Lipinski definition) is 1. The summed E-state index contributed by atoms with van der Waals surface area (Å²) in [5.74, 6) is -1.71. The van der Waals surface area contributed by atoms with Gasteiger partial charge in [0.05, 0.1) is 11.1 Å². The summed E-state index contributed by atoms with van der Waals surface area (Å²) in [5, 5.41) is 9.26. The minimum absolute atomic E-state index is 0.0323. The molecule has 2 rings (SSSR count). The van der Waals surface area contributed by atoms with Crippen molar-refractivity contribution >= 4 is 11.9 Å². The van der Waals surface area contributed by atoms with Gasteiger partial charge in [0.1, 0.15) is 6.10 Å². The van der Waals surface area contributed by atoms with Crippen LogP contribution in [0.25, 0.3) is 0 Å². The van der Waals surface area contributed by atoms with E-state index in [0.717, 1.165) is 6.54 Å². The summed E-state index contributed by atoms with van der Waals surface area (Å²) >= 11 is 0. The number of ether oxygens (including phenoxy) is 1. The predicted octanol–water partition coefficient (Wildman–Crippen LogP) is 3.75. The lowest BCUT2D eigenvalue weighted by Crippen LogP contribution is -2.62. The van der Waals surface area contributed by atoms with Crippen LogP contribution in [0.15, 0.2) is 36.9 Å². The Hall–Kier alpha value is -2.14. The van der Waals surface area contributed by atoms with Crippen molar-refractivity contribution < 1.29 is 19.4 Å². The summed E-state index contributed by atoms with van der Waals surface area (Å²) in [5.41, 5.74) is -0.255. The van der Waals surface area contributed by atoms with Crippen molar-refractivity contribution in [2.75, 3.05) is 6.54 Å². The van der Waals surface area contributed by atoms with Crippen LogP contribution in [0.3, 0.4) is 0 Å². The van der Waals surface area contributed by atoms with E-state index in [1.165, 1.54) is 12.1 Å². The topological polar surface area (TPSA) is 66.8 Å². The van der Waals surface area contributed by atoms with Crippen LogP contribution in [0.4, 0.5) is 0 Å². The maximum absolute atomic E-state index is 12.6. The molecule has 1 aliphatic rings. The summed E-state index contributed by atoms with van der Waals surface area (Å²) in [6.45, 7) is 13.1. The highest BCUT2D eigenvalue weighted by Crippen LogP contribution is 2.39. The van der Waals surface area contributed by atoms with Gasteiger partial charge in [-0.2, -0.15) is 0 Å². The van der Waals surface area contributed by atoms with Crippen LogP contribution in [-0.4, -0.2) is 45.7 Å². The molecule has 1 aliphatic heterocycles. The number of rotatable bonds is 5. The number of piperidine rings is 1. The van der Waals surface area contributed by atoms with Crippen LogP contribution in [-0.2, 0) is 4.74 Å². The maximum Gasteiger partial charge on any atom is 0.339 e. The van der Waals surface area contributed by atoms with E-state index >= 15 is 0 Å². The lowest BCUT2D eigenvalue weighted by Gasteiger charge is -2.54. The first-order valence-electron chi connectivity index (χ1n) is 8.50. The van der Waals surface area contributed by atoms with Gasteiger partial charge in [-0.1, -0.05) is 18.2 Å². The summed E-state index contributed by atoms with van der Waals surface area (Å²) in [4.78, 5) is 26.2. The first-order chi connectivity index (χ1) is 11.6. The minimum Gasteiger partial charge on any atom is -0.478 e. The molecule has 1 N–H and O–H groups in total. The van der Waals surface area contributed by atoms with Gasteiger partial charge in [0.15, 0.2) is 0 Å². The highest BCUT2D eigenvalue weighted by atomic mass is 16.5. The number of nitrogens with zero attached hydrogens (tertiary/aromatic N) is 1. The molecule has 0 unspecified atom stereocenters. The lowest BCUT2D eigenvalue weighted by molar-refractivity contribution is -0.0812.